The maximum Gasteiger partial charge on any atom is 0.331 e. The Bertz CT molecular complexity index is 594. The minimum absolute atomic E-state index is 0.218. The number of benzene rings is 1. The van der Waals surface area contributed by atoms with Crippen LogP contribution in [0.15, 0.2) is 36.4 Å². The fraction of sp³-hybridized carbons (Fsp3) is 0.353. The molecule has 0 spiro atoms. The van der Waals surface area contributed by atoms with Crippen LogP contribution in [0.25, 0.3) is 0 Å². The number of hydrogen-bond acceptors (Lipinski definition) is 6. The molecule has 0 radical (unpaired) electrons. The normalized spacial score (nSPS) is 10.3. The molecule has 0 fully saturated rings. The van der Waals surface area contributed by atoms with E-state index in [1.54, 1.807) is 6.92 Å². The number of nitrogens with one attached hydrogen (secondary N) is 1. The molecule has 1 amide bonds. The van der Waals surface area contributed by atoms with E-state index >= 15 is 0 Å². The zero-order valence-corrected chi connectivity index (χ0v) is 14.1. The summed E-state index contributed by atoms with van der Waals surface area (Å²) >= 11 is 0. The fourth-order valence-corrected chi connectivity index (χ4v) is 1.67. The van der Waals surface area contributed by atoms with Gasteiger partial charge in [-0.15, -0.1) is 0 Å². The van der Waals surface area contributed by atoms with Crippen molar-refractivity contribution in [1.82, 2.24) is 5.32 Å². The molecule has 0 aliphatic rings. The molecule has 24 heavy (non-hydrogen) atoms. The van der Waals surface area contributed by atoms with Crippen LogP contribution in [0, 0.1) is 0 Å². The SMILES string of the molecule is CCOC(=O)/C=C/C(=O)OCC(=O)NCc1ccc(N(C)C)cc1. The highest BCUT2D eigenvalue weighted by Gasteiger charge is 2.06. The van der Waals surface area contributed by atoms with Crippen molar-refractivity contribution >= 4 is 23.5 Å². The molecule has 0 saturated heterocycles. The number of ether oxygens (including phenoxy) is 2. The van der Waals surface area contributed by atoms with Gasteiger partial charge in [-0.1, -0.05) is 12.1 Å². The third kappa shape index (κ3) is 7.44. The number of hydrogen-bond donors (Lipinski definition) is 1. The number of carbonyl (C=O) groups is 3. The molecule has 0 aromatic heterocycles. The van der Waals surface area contributed by atoms with Gasteiger partial charge < -0.3 is 19.7 Å². The van der Waals surface area contributed by atoms with Crippen molar-refractivity contribution in [3.05, 3.63) is 42.0 Å². The van der Waals surface area contributed by atoms with Gasteiger partial charge in [0.1, 0.15) is 0 Å². The van der Waals surface area contributed by atoms with Gasteiger partial charge in [-0.3, -0.25) is 4.79 Å². The predicted octanol–water partition coefficient (Wildman–Crippen LogP) is 1.03. The van der Waals surface area contributed by atoms with Gasteiger partial charge in [-0.2, -0.15) is 0 Å². The first-order valence-electron chi connectivity index (χ1n) is 7.47. The molecule has 0 atom stereocenters. The van der Waals surface area contributed by atoms with E-state index in [4.69, 9.17) is 4.74 Å². The Labute approximate surface area is 141 Å². The minimum atomic E-state index is -0.784. The highest BCUT2D eigenvalue weighted by Crippen LogP contribution is 2.11. The van der Waals surface area contributed by atoms with Crippen LogP contribution in [0.5, 0.6) is 0 Å². The van der Waals surface area contributed by atoms with Crippen molar-refractivity contribution < 1.29 is 23.9 Å². The minimum Gasteiger partial charge on any atom is -0.463 e. The van der Waals surface area contributed by atoms with Crippen molar-refractivity contribution in [2.24, 2.45) is 0 Å². The predicted molar refractivity (Wildman–Crippen MR) is 89.3 cm³/mol. The molecular formula is C17H22N2O5. The summed E-state index contributed by atoms with van der Waals surface area (Å²) in [5.41, 5.74) is 2.00. The van der Waals surface area contributed by atoms with E-state index < -0.39 is 24.5 Å². The topological polar surface area (TPSA) is 84.9 Å². The quantitative estimate of drug-likeness (QED) is 0.565. The van der Waals surface area contributed by atoms with Gasteiger partial charge in [0.2, 0.25) is 0 Å². The van der Waals surface area contributed by atoms with Crippen LogP contribution in [0.3, 0.4) is 0 Å². The lowest BCUT2D eigenvalue weighted by molar-refractivity contribution is -0.144. The second kappa shape index (κ2) is 10.0. The van der Waals surface area contributed by atoms with Crippen LogP contribution < -0.4 is 10.2 Å². The third-order valence-electron chi connectivity index (χ3n) is 2.93. The Kier molecular flexibility index (Phi) is 8.04. The monoisotopic (exact) mass is 334 g/mol. The highest BCUT2D eigenvalue weighted by atomic mass is 16.5. The summed E-state index contributed by atoms with van der Waals surface area (Å²) in [6, 6.07) is 7.71. The summed E-state index contributed by atoms with van der Waals surface area (Å²) < 4.78 is 9.33. The summed E-state index contributed by atoms with van der Waals surface area (Å²) in [5, 5.41) is 2.64. The molecule has 1 rings (SSSR count). The van der Waals surface area contributed by atoms with Crippen LogP contribution in [0.4, 0.5) is 5.69 Å². The van der Waals surface area contributed by atoms with Crippen molar-refractivity contribution in [2.75, 3.05) is 32.2 Å². The maximum absolute atomic E-state index is 11.6. The van der Waals surface area contributed by atoms with Gasteiger partial charge in [0, 0.05) is 38.5 Å². The lowest BCUT2D eigenvalue weighted by atomic mass is 10.2. The molecule has 1 N–H and O–H groups in total. The molecule has 7 heteroatoms. The van der Waals surface area contributed by atoms with Gasteiger partial charge in [-0.05, 0) is 24.6 Å². The van der Waals surface area contributed by atoms with E-state index in [2.05, 4.69) is 10.1 Å². The van der Waals surface area contributed by atoms with E-state index in [9.17, 15) is 14.4 Å². The number of anilines is 1. The molecule has 0 bridgehead atoms. The molecule has 0 aliphatic heterocycles. The molecular weight excluding hydrogens is 312 g/mol. The largest absolute Gasteiger partial charge is 0.463 e. The summed E-state index contributed by atoms with van der Waals surface area (Å²) in [7, 11) is 3.89. The number of esters is 2. The Morgan fingerprint density at radius 1 is 1.04 bits per heavy atom. The van der Waals surface area contributed by atoms with Gasteiger partial charge in [0.15, 0.2) is 6.61 Å². The van der Waals surface area contributed by atoms with Gasteiger partial charge >= 0.3 is 11.9 Å². The number of carbonyl (C=O) groups excluding carboxylic acids is 3. The van der Waals surface area contributed by atoms with Crippen LogP contribution in [0.2, 0.25) is 0 Å². The first-order chi connectivity index (χ1) is 11.4. The first kappa shape index (κ1) is 19.2. The standard InChI is InChI=1S/C17H22N2O5/c1-4-23-16(21)9-10-17(22)24-12-15(20)18-11-13-5-7-14(8-6-13)19(2)3/h5-10H,4,11-12H2,1-3H3,(H,18,20)/b10-9+. The molecule has 0 saturated carbocycles. The van der Waals surface area contributed by atoms with Gasteiger partial charge in [0.05, 0.1) is 6.61 Å². The zero-order chi connectivity index (χ0) is 17.9. The average Bonchev–Trinajstić information content (AvgIpc) is 2.56. The summed E-state index contributed by atoms with van der Waals surface area (Å²) in [4.78, 5) is 35.9. The van der Waals surface area contributed by atoms with Gasteiger partial charge in [-0.25, -0.2) is 9.59 Å². The zero-order valence-electron chi connectivity index (χ0n) is 14.1. The number of rotatable bonds is 8. The van der Waals surface area contributed by atoms with Crippen LogP contribution in [-0.4, -0.2) is 45.2 Å². The van der Waals surface area contributed by atoms with E-state index in [1.165, 1.54) is 0 Å². The summed E-state index contributed by atoms with van der Waals surface area (Å²) in [5.74, 6) is -1.85. The molecule has 0 aliphatic carbocycles. The van der Waals surface area contributed by atoms with Crippen LogP contribution in [0.1, 0.15) is 12.5 Å². The molecule has 1 aromatic carbocycles. The Morgan fingerprint density at radius 3 is 2.17 bits per heavy atom. The molecule has 0 heterocycles. The van der Waals surface area contributed by atoms with E-state index in [-0.39, 0.29) is 6.61 Å². The van der Waals surface area contributed by atoms with Crippen molar-refractivity contribution in [2.45, 2.75) is 13.5 Å². The van der Waals surface area contributed by atoms with E-state index in [0.717, 1.165) is 23.4 Å². The van der Waals surface area contributed by atoms with E-state index in [1.807, 2.05) is 43.3 Å². The van der Waals surface area contributed by atoms with Crippen LogP contribution in [-0.2, 0) is 30.4 Å². The van der Waals surface area contributed by atoms with Crippen molar-refractivity contribution in [3.8, 4) is 0 Å². The third-order valence-corrected chi connectivity index (χ3v) is 2.93. The summed E-state index contributed by atoms with van der Waals surface area (Å²) in [6.07, 6.45) is 1.88. The number of nitrogens with zero attached hydrogens (tertiary/aromatic N) is 1. The van der Waals surface area contributed by atoms with Crippen molar-refractivity contribution in [1.29, 1.82) is 0 Å². The summed E-state index contributed by atoms with van der Waals surface area (Å²) in [6.45, 7) is 1.79. The Balaban J connectivity index is 2.31. The molecule has 130 valence electrons. The second-order valence-corrected chi connectivity index (χ2v) is 5.03. The van der Waals surface area contributed by atoms with Crippen LogP contribution >= 0.6 is 0 Å². The fourth-order valence-electron chi connectivity index (χ4n) is 1.67. The second-order valence-electron chi connectivity index (χ2n) is 5.03. The maximum atomic E-state index is 11.6. The van der Waals surface area contributed by atoms with Crippen molar-refractivity contribution in [3.63, 3.8) is 0 Å². The molecule has 0 unspecified atom stereocenters. The average molecular weight is 334 g/mol. The van der Waals surface area contributed by atoms with E-state index in [0.29, 0.717) is 6.54 Å². The lowest BCUT2D eigenvalue weighted by Crippen LogP contribution is -2.28. The highest BCUT2D eigenvalue weighted by molar-refractivity contribution is 5.92. The smallest absolute Gasteiger partial charge is 0.331 e. The number of amides is 1. The Morgan fingerprint density at radius 2 is 1.62 bits per heavy atom. The first-order valence-corrected chi connectivity index (χ1v) is 7.47. The lowest BCUT2D eigenvalue weighted by Gasteiger charge is -2.12. The molecule has 1 aromatic rings. The Hall–Kier alpha value is -2.83. The molecule has 7 nitrogen and oxygen atoms in total. The van der Waals surface area contributed by atoms with Gasteiger partial charge in [0.25, 0.3) is 5.91 Å².